The van der Waals surface area contributed by atoms with E-state index >= 15 is 0 Å². The summed E-state index contributed by atoms with van der Waals surface area (Å²) in [6.07, 6.45) is 2.47. The van der Waals surface area contributed by atoms with Crippen LogP contribution in [0.2, 0.25) is 4.55 Å². The van der Waals surface area contributed by atoms with Crippen LogP contribution in [0.4, 0.5) is 0 Å². The molecule has 68 valence electrons. The highest BCUT2D eigenvalue weighted by atomic mass is 79.9. The molecule has 1 aromatic carbocycles. The number of hydrogen-bond donors (Lipinski definition) is 0. The minimum atomic E-state index is 0.0802. The Morgan fingerprint density at radius 1 is 1.15 bits per heavy atom. The van der Waals surface area contributed by atoms with Crippen molar-refractivity contribution in [3.63, 3.8) is 0 Å². The molecule has 0 fully saturated rings. The van der Waals surface area contributed by atoms with Crippen molar-refractivity contribution in [2.24, 2.45) is 0 Å². The molecular weight excluding hydrogens is 240 g/mol. The van der Waals surface area contributed by atoms with Crippen LogP contribution in [0.5, 0.6) is 5.75 Å². The summed E-state index contributed by atoms with van der Waals surface area (Å²) in [5, 5.41) is 0. The molecule has 0 aromatic heterocycles. The number of halogens is 1. The lowest BCUT2D eigenvalue weighted by atomic mass is 10.3. The van der Waals surface area contributed by atoms with E-state index in [0.29, 0.717) is 0 Å². The van der Waals surface area contributed by atoms with Gasteiger partial charge in [0.05, 0.1) is 6.61 Å². The number of unbranched alkanes of at least 4 members (excludes halogenated alkanes) is 1. The summed E-state index contributed by atoms with van der Waals surface area (Å²) >= 11 is 3.62. The largest absolute Gasteiger partial charge is 0.494 e. The molecule has 0 amide bonds. The molecule has 0 saturated heterocycles. The Hall–Kier alpha value is 0.266. The molecule has 0 spiro atoms. The number of hydrogen-bond acceptors (Lipinski definition) is 1. The molecule has 0 N–H and O–H groups in total. The van der Waals surface area contributed by atoms with Crippen molar-refractivity contribution in [3.8, 4) is 5.75 Å². The molecule has 0 aliphatic rings. The van der Waals surface area contributed by atoms with Crippen LogP contribution in [0.25, 0.3) is 0 Å². The Kier molecular flexibility index (Phi) is 6.67. The van der Waals surface area contributed by atoms with Crippen molar-refractivity contribution in [1.29, 1.82) is 0 Å². The SMILES string of the molecule is [Br][Mg][CH2]CCCOc1ccccc1. The van der Waals surface area contributed by atoms with Gasteiger partial charge < -0.3 is 17.6 Å². The van der Waals surface area contributed by atoms with Crippen LogP contribution in [-0.4, -0.2) is 24.8 Å². The smallest absolute Gasteiger partial charge is 0.468 e. The fourth-order valence-electron chi connectivity index (χ4n) is 1.08. The zero-order chi connectivity index (χ0) is 9.36. The average Bonchev–Trinajstić information content (AvgIpc) is 2.19. The molecule has 0 heterocycles. The number of rotatable bonds is 6. The van der Waals surface area contributed by atoms with Crippen LogP contribution in [0.3, 0.4) is 0 Å². The van der Waals surface area contributed by atoms with Crippen molar-refractivity contribution >= 4 is 31.1 Å². The predicted molar refractivity (Wildman–Crippen MR) is 60.7 cm³/mol. The fourth-order valence-corrected chi connectivity index (χ4v) is 2.81. The second kappa shape index (κ2) is 7.65. The fraction of sp³-hybridized carbons (Fsp3) is 0.400. The molecule has 0 aliphatic heterocycles. The highest BCUT2D eigenvalue weighted by molar-refractivity contribution is 9.23. The molecule has 3 heteroatoms. The second-order valence-corrected chi connectivity index (χ2v) is 6.38. The molecule has 1 rings (SSSR count). The van der Waals surface area contributed by atoms with E-state index < -0.39 is 0 Å². The standard InChI is InChI=1S/C10H13O.BrH.Mg/c1-2-3-9-11-10-7-5-4-6-8-10;;/h4-8H,1-3,9H2;1H;/q;;+1/p-1. The average molecular weight is 253 g/mol. The van der Waals surface area contributed by atoms with Gasteiger partial charge in [-0.3, -0.25) is 0 Å². The first-order valence-electron chi connectivity index (χ1n) is 4.67. The van der Waals surface area contributed by atoms with E-state index in [1.807, 2.05) is 30.3 Å². The van der Waals surface area contributed by atoms with Crippen molar-refractivity contribution in [2.45, 2.75) is 17.4 Å². The maximum absolute atomic E-state index is 5.55. The molecule has 0 bridgehead atoms. The maximum Gasteiger partial charge on any atom is 0.468 e. The molecular formula is C10H13BrMgO. The van der Waals surface area contributed by atoms with Gasteiger partial charge in [-0.25, -0.2) is 0 Å². The summed E-state index contributed by atoms with van der Waals surface area (Å²) in [6, 6.07) is 10.0. The quantitative estimate of drug-likeness (QED) is 0.558. The van der Waals surface area contributed by atoms with Crippen LogP contribution >= 0.6 is 12.9 Å². The van der Waals surface area contributed by atoms with Gasteiger partial charge >= 0.3 is 18.2 Å². The first-order valence-corrected chi connectivity index (χ1v) is 9.57. The molecule has 1 nitrogen and oxygen atoms in total. The van der Waals surface area contributed by atoms with Gasteiger partial charge in [0.25, 0.3) is 0 Å². The van der Waals surface area contributed by atoms with E-state index in [9.17, 15) is 0 Å². The topological polar surface area (TPSA) is 9.23 Å². The zero-order valence-electron chi connectivity index (χ0n) is 7.71. The van der Waals surface area contributed by atoms with Gasteiger partial charge in [-0.1, -0.05) is 24.6 Å². The Bertz CT molecular complexity index is 215. The lowest BCUT2D eigenvalue weighted by molar-refractivity contribution is 0.309. The Labute approximate surface area is 95.5 Å². The van der Waals surface area contributed by atoms with E-state index in [-0.39, 0.29) is 18.2 Å². The minimum Gasteiger partial charge on any atom is -0.494 e. The second-order valence-electron chi connectivity index (χ2n) is 2.91. The van der Waals surface area contributed by atoms with Gasteiger partial charge in [0.1, 0.15) is 5.75 Å². The lowest BCUT2D eigenvalue weighted by Gasteiger charge is -2.04. The third kappa shape index (κ3) is 5.55. The van der Waals surface area contributed by atoms with Crippen molar-refractivity contribution < 1.29 is 4.74 Å². The summed E-state index contributed by atoms with van der Waals surface area (Å²) in [6.45, 7) is 0.853. The van der Waals surface area contributed by atoms with Crippen molar-refractivity contribution in [1.82, 2.24) is 0 Å². The highest BCUT2D eigenvalue weighted by Gasteiger charge is 1.93. The molecule has 0 unspecified atom stereocenters. The summed E-state index contributed by atoms with van der Waals surface area (Å²) < 4.78 is 6.93. The van der Waals surface area contributed by atoms with E-state index in [2.05, 4.69) is 12.9 Å². The van der Waals surface area contributed by atoms with Crippen LogP contribution in [-0.2, 0) is 0 Å². The summed E-state index contributed by atoms with van der Waals surface area (Å²) in [7, 11) is 0. The molecule has 0 atom stereocenters. The normalized spacial score (nSPS) is 9.31. The molecule has 0 aliphatic carbocycles. The van der Waals surface area contributed by atoms with E-state index in [1.54, 1.807) is 0 Å². The molecule has 0 radical (unpaired) electrons. The minimum absolute atomic E-state index is 0.0802. The number of benzene rings is 1. The number of ether oxygens (including phenoxy) is 1. The van der Waals surface area contributed by atoms with Gasteiger partial charge in [0, 0.05) is 0 Å². The van der Waals surface area contributed by atoms with Crippen LogP contribution < -0.4 is 4.74 Å². The zero-order valence-corrected chi connectivity index (χ0v) is 10.7. The van der Waals surface area contributed by atoms with Crippen molar-refractivity contribution in [3.05, 3.63) is 30.3 Å². The maximum atomic E-state index is 5.55. The van der Waals surface area contributed by atoms with Gasteiger partial charge in [0.15, 0.2) is 0 Å². The lowest BCUT2D eigenvalue weighted by Crippen LogP contribution is -1.96. The van der Waals surface area contributed by atoms with Crippen LogP contribution in [0.15, 0.2) is 30.3 Å². The van der Waals surface area contributed by atoms with Crippen molar-refractivity contribution in [2.75, 3.05) is 6.61 Å². The molecule has 0 saturated carbocycles. The van der Waals surface area contributed by atoms with E-state index in [4.69, 9.17) is 4.74 Å². The Balaban J connectivity index is 2.07. The monoisotopic (exact) mass is 252 g/mol. The van der Waals surface area contributed by atoms with Gasteiger partial charge in [-0.2, -0.15) is 0 Å². The summed E-state index contributed by atoms with van der Waals surface area (Å²) in [5.74, 6) is 0.985. The first-order chi connectivity index (χ1) is 6.43. The Morgan fingerprint density at radius 2 is 1.92 bits per heavy atom. The first kappa shape index (κ1) is 11.3. The highest BCUT2D eigenvalue weighted by Crippen LogP contribution is 2.09. The third-order valence-electron chi connectivity index (χ3n) is 1.79. The van der Waals surface area contributed by atoms with Gasteiger partial charge in [-0.15, -0.1) is 4.55 Å². The van der Waals surface area contributed by atoms with Gasteiger partial charge in [-0.05, 0) is 18.6 Å². The third-order valence-corrected chi connectivity index (χ3v) is 4.24. The number of para-hydroxylation sites is 1. The van der Waals surface area contributed by atoms with Crippen LogP contribution in [0.1, 0.15) is 12.8 Å². The Morgan fingerprint density at radius 3 is 2.62 bits per heavy atom. The predicted octanol–water partition coefficient (Wildman–Crippen LogP) is 3.28. The summed E-state index contributed by atoms with van der Waals surface area (Å²) in [4.78, 5) is 0. The van der Waals surface area contributed by atoms with Crippen LogP contribution in [0, 0.1) is 0 Å². The van der Waals surface area contributed by atoms with Gasteiger partial charge in [0.2, 0.25) is 0 Å². The summed E-state index contributed by atoms with van der Waals surface area (Å²) in [5.41, 5.74) is 0. The molecule has 13 heavy (non-hydrogen) atoms. The molecule has 1 aromatic rings. The van der Waals surface area contributed by atoms with E-state index in [0.717, 1.165) is 12.4 Å². The van der Waals surface area contributed by atoms with E-state index in [1.165, 1.54) is 17.4 Å².